The molecule has 130 valence electrons. The van der Waals surface area contributed by atoms with Gasteiger partial charge in [0.15, 0.2) is 6.61 Å². The molecule has 0 saturated heterocycles. The molecule has 0 aliphatic carbocycles. The molecule has 1 amide bonds. The van der Waals surface area contributed by atoms with Crippen LogP contribution in [0.3, 0.4) is 0 Å². The van der Waals surface area contributed by atoms with Gasteiger partial charge in [0, 0.05) is 16.6 Å². The van der Waals surface area contributed by atoms with Gasteiger partial charge in [-0.1, -0.05) is 28.1 Å². The minimum atomic E-state index is -0.511. The Bertz CT molecular complexity index is 668. The number of hydrogen-bond acceptors (Lipinski definition) is 3. The number of hydrogen-bond donors (Lipinski definition) is 2. The zero-order chi connectivity index (χ0) is 16.7. The number of amides is 1. The van der Waals surface area contributed by atoms with E-state index in [2.05, 4.69) is 21.2 Å². The number of nitrogens with two attached hydrogens (primary N) is 1. The molecule has 0 atom stereocenters. The van der Waals surface area contributed by atoms with Crippen LogP contribution in [-0.4, -0.2) is 19.1 Å². The minimum absolute atomic E-state index is 0. The van der Waals surface area contributed by atoms with Crippen LogP contribution < -0.4 is 15.8 Å². The number of benzene rings is 2. The lowest BCUT2D eigenvalue weighted by Crippen LogP contribution is -2.21. The zero-order valence-electron chi connectivity index (χ0n) is 12.9. The van der Waals surface area contributed by atoms with Gasteiger partial charge >= 0.3 is 0 Å². The largest absolute Gasteiger partial charge is 0.483 e. The molecule has 3 N–H and O–H groups in total. The number of carbonyl (C=O) groups is 1. The van der Waals surface area contributed by atoms with Crippen LogP contribution in [0, 0.1) is 5.82 Å². The van der Waals surface area contributed by atoms with Crippen molar-refractivity contribution in [3.63, 3.8) is 0 Å². The number of ether oxygens (including phenoxy) is 1. The molecule has 2 aromatic carbocycles. The topological polar surface area (TPSA) is 64.4 Å². The van der Waals surface area contributed by atoms with Crippen molar-refractivity contribution in [2.45, 2.75) is 13.0 Å². The molecule has 24 heavy (non-hydrogen) atoms. The monoisotopic (exact) mass is 416 g/mol. The molecule has 0 saturated carbocycles. The number of carbonyl (C=O) groups excluding carboxylic acids is 1. The lowest BCUT2D eigenvalue weighted by atomic mass is 10.1. The average Bonchev–Trinajstić information content (AvgIpc) is 2.52. The summed E-state index contributed by atoms with van der Waals surface area (Å²) in [6, 6.07) is 12.0. The molecular formula is C17H19BrClFN2O2. The van der Waals surface area contributed by atoms with Crippen LogP contribution in [-0.2, 0) is 17.8 Å². The first-order valence-electron chi connectivity index (χ1n) is 7.19. The maximum atomic E-state index is 12.8. The van der Waals surface area contributed by atoms with Gasteiger partial charge in [-0.2, -0.15) is 0 Å². The first-order valence-corrected chi connectivity index (χ1v) is 7.98. The Kier molecular flexibility index (Phi) is 8.74. The smallest absolute Gasteiger partial charge is 0.255 e. The van der Waals surface area contributed by atoms with Gasteiger partial charge < -0.3 is 15.8 Å². The lowest BCUT2D eigenvalue weighted by molar-refractivity contribution is -0.119. The van der Waals surface area contributed by atoms with Crippen molar-refractivity contribution in [1.29, 1.82) is 0 Å². The van der Waals surface area contributed by atoms with Crippen molar-refractivity contribution in [2.75, 3.05) is 13.2 Å². The van der Waals surface area contributed by atoms with Gasteiger partial charge in [0.05, 0.1) is 0 Å². The Labute approximate surface area is 155 Å². The van der Waals surface area contributed by atoms with E-state index in [1.54, 1.807) is 18.2 Å². The van der Waals surface area contributed by atoms with Gasteiger partial charge in [0.25, 0.3) is 5.91 Å². The zero-order valence-corrected chi connectivity index (χ0v) is 15.3. The Morgan fingerprint density at radius 2 is 1.92 bits per heavy atom. The SMILES string of the molecule is Cl.NC(=O)COc1ccc(Br)cc1CNCCc1ccc(F)cc1. The summed E-state index contributed by atoms with van der Waals surface area (Å²) in [7, 11) is 0. The summed E-state index contributed by atoms with van der Waals surface area (Å²) >= 11 is 3.42. The molecule has 0 aliphatic heterocycles. The summed E-state index contributed by atoms with van der Waals surface area (Å²) in [5.74, 6) is -0.114. The van der Waals surface area contributed by atoms with Gasteiger partial charge in [-0.3, -0.25) is 4.79 Å². The molecule has 7 heteroatoms. The summed E-state index contributed by atoms with van der Waals surface area (Å²) in [6.45, 7) is 1.19. The first kappa shape index (κ1) is 20.4. The number of halogens is 3. The molecule has 2 aromatic rings. The second-order valence-corrected chi connectivity index (χ2v) is 5.98. The summed E-state index contributed by atoms with van der Waals surface area (Å²) < 4.78 is 19.2. The van der Waals surface area contributed by atoms with E-state index in [0.717, 1.165) is 28.6 Å². The molecule has 0 aliphatic rings. The summed E-state index contributed by atoms with van der Waals surface area (Å²) in [4.78, 5) is 10.8. The highest BCUT2D eigenvalue weighted by molar-refractivity contribution is 9.10. The van der Waals surface area contributed by atoms with Crippen molar-refractivity contribution >= 4 is 34.2 Å². The third-order valence-electron chi connectivity index (χ3n) is 3.21. The second kappa shape index (κ2) is 10.3. The third-order valence-corrected chi connectivity index (χ3v) is 3.70. The van der Waals surface area contributed by atoms with Crippen LogP contribution in [0.2, 0.25) is 0 Å². The minimum Gasteiger partial charge on any atom is -0.483 e. The van der Waals surface area contributed by atoms with Gasteiger partial charge in [0.2, 0.25) is 0 Å². The van der Waals surface area contributed by atoms with Crippen molar-refractivity contribution < 1.29 is 13.9 Å². The maximum Gasteiger partial charge on any atom is 0.255 e. The van der Waals surface area contributed by atoms with Crippen molar-refractivity contribution in [2.24, 2.45) is 5.73 Å². The highest BCUT2D eigenvalue weighted by Crippen LogP contribution is 2.23. The summed E-state index contributed by atoms with van der Waals surface area (Å²) in [6.07, 6.45) is 0.797. The van der Waals surface area contributed by atoms with Crippen LogP contribution in [0.1, 0.15) is 11.1 Å². The lowest BCUT2D eigenvalue weighted by Gasteiger charge is -2.12. The Morgan fingerprint density at radius 3 is 2.58 bits per heavy atom. The summed E-state index contributed by atoms with van der Waals surface area (Å²) in [5, 5.41) is 3.31. The van der Waals surface area contributed by atoms with E-state index < -0.39 is 5.91 Å². The van der Waals surface area contributed by atoms with E-state index in [0.29, 0.717) is 12.3 Å². The van der Waals surface area contributed by atoms with E-state index in [-0.39, 0.29) is 24.8 Å². The normalized spacial score (nSPS) is 10.1. The number of primary amides is 1. The number of rotatable bonds is 8. The Morgan fingerprint density at radius 1 is 1.21 bits per heavy atom. The predicted octanol–water partition coefficient (Wildman–Crippen LogP) is 3.21. The fraction of sp³-hybridized carbons (Fsp3) is 0.235. The standard InChI is InChI=1S/C17H18BrFN2O2.ClH/c18-14-3-6-16(23-11-17(20)22)13(9-14)10-21-8-7-12-1-4-15(19)5-2-12;/h1-6,9,21H,7-8,10-11H2,(H2,20,22);1H. The molecule has 4 nitrogen and oxygen atoms in total. The van der Waals surface area contributed by atoms with Gasteiger partial charge in [-0.25, -0.2) is 4.39 Å². The second-order valence-electron chi connectivity index (χ2n) is 5.06. The van der Waals surface area contributed by atoms with Gasteiger partial charge in [-0.15, -0.1) is 12.4 Å². The fourth-order valence-electron chi connectivity index (χ4n) is 2.08. The van der Waals surface area contributed by atoms with Crippen LogP contribution in [0.25, 0.3) is 0 Å². The van der Waals surface area contributed by atoms with E-state index in [1.165, 1.54) is 12.1 Å². The molecule has 0 radical (unpaired) electrons. The molecule has 0 fully saturated rings. The molecule has 0 spiro atoms. The third kappa shape index (κ3) is 6.86. The van der Waals surface area contributed by atoms with Crippen LogP contribution in [0.15, 0.2) is 46.9 Å². The van der Waals surface area contributed by atoms with Gasteiger partial charge in [0.1, 0.15) is 11.6 Å². The predicted molar refractivity (Wildman–Crippen MR) is 97.9 cm³/mol. The molecular weight excluding hydrogens is 399 g/mol. The number of nitrogens with one attached hydrogen (secondary N) is 1. The van der Waals surface area contributed by atoms with E-state index in [9.17, 15) is 9.18 Å². The van der Waals surface area contributed by atoms with Crippen LogP contribution >= 0.6 is 28.3 Å². The molecule has 2 rings (SSSR count). The van der Waals surface area contributed by atoms with Crippen LogP contribution in [0.4, 0.5) is 4.39 Å². The molecule has 0 heterocycles. The maximum absolute atomic E-state index is 12.8. The van der Waals surface area contributed by atoms with Gasteiger partial charge in [-0.05, 0) is 48.9 Å². The van der Waals surface area contributed by atoms with Crippen molar-refractivity contribution in [3.05, 3.63) is 63.9 Å². The Hall–Kier alpha value is -1.63. The van der Waals surface area contributed by atoms with E-state index in [1.807, 2.05) is 12.1 Å². The molecule has 0 bridgehead atoms. The van der Waals surface area contributed by atoms with E-state index >= 15 is 0 Å². The fourth-order valence-corrected chi connectivity index (χ4v) is 2.49. The van der Waals surface area contributed by atoms with Crippen molar-refractivity contribution in [3.8, 4) is 5.75 Å². The van der Waals surface area contributed by atoms with Crippen molar-refractivity contribution in [1.82, 2.24) is 5.32 Å². The molecule has 0 unspecified atom stereocenters. The first-order chi connectivity index (χ1) is 11.0. The van der Waals surface area contributed by atoms with E-state index in [4.69, 9.17) is 10.5 Å². The Balaban J connectivity index is 0.00000288. The molecule has 0 aromatic heterocycles. The average molecular weight is 418 g/mol. The highest BCUT2D eigenvalue weighted by Gasteiger charge is 2.06. The summed E-state index contributed by atoms with van der Waals surface area (Å²) in [5.41, 5.74) is 7.10. The highest BCUT2D eigenvalue weighted by atomic mass is 79.9. The van der Waals surface area contributed by atoms with Crippen LogP contribution in [0.5, 0.6) is 5.75 Å². The quantitative estimate of drug-likeness (QED) is 0.648.